The van der Waals surface area contributed by atoms with Crippen LogP contribution < -0.4 is 20.9 Å². The number of pyridine rings is 1. The molecule has 396 valence electrons. The third-order valence-electron chi connectivity index (χ3n) is 15.6. The fraction of sp³-hybridized carbons (Fsp3) is 0.566. The van der Waals surface area contributed by atoms with E-state index in [4.69, 9.17) is 27.3 Å². The number of carbonyl (C=O) groups excluding carboxylic acids is 3. The van der Waals surface area contributed by atoms with E-state index < -0.39 is 18.2 Å². The van der Waals surface area contributed by atoms with Gasteiger partial charge in [-0.3, -0.25) is 24.0 Å². The Bertz CT molecular complexity index is 2700. The van der Waals surface area contributed by atoms with Gasteiger partial charge in [0.1, 0.15) is 28.7 Å². The van der Waals surface area contributed by atoms with Crippen molar-refractivity contribution in [1.82, 2.24) is 59.7 Å². The molecule has 4 saturated heterocycles. The Morgan fingerprint density at radius 3 is 2.32 bits per heavy atom. The molecule has 21 heteroatoms. The van der Waals surface area contributed by atoms with Crippen LogP contribution in [-0.4, -0.2) is 161 Å². The van der Waals surface area contributed by atoms with E-state index in [0.717, 1.165) is 70.9 Å². The number of halogens is 1. The molecular formula is C53H72ClN15O4S. The second kappa shape index (κ2) is 23.5. The number of rotatable bonds is 17. The lowest BCUT2D eigenvalue weighted by Gasteiger charge is -2.39. The minimum Gasteiger partial charge on any atom is -0.391 e. The first-order valence-electron chi connectivity index (χ1n) is 26.4. The number of aliphatic hydroxyl groups is 1. The van der Waals surface area contributed by atoms with Gasteiger partial charge in [0, 0.05) is 108 Å². The van der Waals surface area contributed by atoms with Crippen molar-refractivity contribution in [2.24, 2.45) is 23.0 Å². The van der Waals surface area contributed by atoms with Gasteiger partial charge in [-0.05, 0) is 87.1 Å². The summed E-state index contributed by atoms with van der Waals surface area (Å²) in [6, 6.07) is 10.2. The van der Waals surface area contributed by atoms with Gasteiger partial charge in [-0.15, -0.1) is 5.10 Å². The number of nitrogens with one attached hydrogen (secondary N) is 1. The molecule has 74 heavy (non-hydrogen) atoms. The number of benzene rings is 1. The van der Waals surface area contributed by atoms with E-state index in [0.29, 0.717) is 82.3 Å². The number of likely N-dealkylation sites (tertiary alicyclic amines) is 1. The van der Waals surface area contributed by atoms with E-state index in [-0.39, 0.29) is 54.0 Å². The molecule has 4 aromatic heterocycles. The van der Waals surface area contributed by atoms with Gasteiger partial charge in [-0.2, -0.15) is 5.10 Å². The molecule has 4 aliphatic rings. The second-order valence-corrected chi connectivity index (χ2v) is 22.6. The second-order valence-electron chi connectivity index (χ2n) is 21.1. The normalized spacial score (nSPS) is 20.6. The number of nitrogens with two attached hydrogens (primary N) is 1. The third kappa shape index (κ3) is 12.0. The van der Waals surface area contributed by atoms with Crippen molar-refractivity contribution in [2.45, 2.75) is 114 Å². The zero-order valence-electron chi connectivity index (χ0n) is 43.4. The van der Waals surface area contributed by atoms with E-state index in [1.165, 1.54) is 16.7 Å². The Kier molecular flexibility index (Phi) is 16.9. The van der Waals surface area contributed by atoms with Gasteiger partial charge in [-0.25, -0.2) is 19.6 Å². The number of aliphatic hydroxyl groups excluding tert-OH is 1. The van der Waals surface area contributed by atoms with Crippen molar-refractivity contribution in [3.8, 4) is 11.3 Å². The van der Waals surface area contributed by atoms with E-state index in [2.05, 4.69) is 66.4 Å². The van der Waals surface area contributed by atoms with Crippen LogP contribution in [0.1, 0.15) is 89.6 Å². The number of anilines is 2. The van der Waals surface area contributed by atoms with Gasteiger partial charge in [0.2, 0.25) is 17.7 Å². The third-order valence-corrected chi connectivity index (χ3v) is 17.1. The number of aryl methyl sites for hydroxylation is 2. The number of aromatic nitrogens is 8. The summed E-state index contributed by atoms with van der Waals surface area (Å²) in [5, 5.41) is 28.3. The van der Waals surface area contributed by atoms with Crippen LogP contribution >= 0.6 is 23.4 Å². The standard InChI is InChI=1S/C53H72ClN15O4S/c1-6-68-42(11-19-59-68)38-9-7-37(8-10-38)41(60-50(71)43-29-40(70)33-67(43)52(73)48(35(2)3)69-32-36(4)61-62-69)15-20-63-25-27-66(28-26-63)51(72)39-13-21-65(22-14-39)49-47(54)44(12-18-56-49)74-46-31-57-45(30-58-46)64-23-16-53(5,34-55)17-24-64/h7-12,18-19,30-32,35,39-41,43,48,70H,6,13-17,20-29,33-34,55H2,1-5H3,(H,60,71)/t40-,41+,43+,48+/m1/s1. The molecule has 0 saturated carbocycles. The van der Waals surface area contributed by atoms with Gasteiger partial charge < -0.3 is 35.8 Å². The predicted octanol–water partition coefficient (Wildman–Crippen LogP) is 5.49. The minimum absolute atomic E-state index is 0.0571. The lowest BCUT2D eigenvalue weighted by atomic mass is 9.80. The van der Waals surface area contributed by atoms with E-state index in [9.17, 15) is 19.5 Å². The molecule has 3 amide bonds. The van der Waals surface area contributed by atoms with Crippen LogP contribution in [0.25, 0.3) is 11.3 Å². The molecule has 0 bridgehead atoms. The Labute approximate surface area is 443 Å². The zero-order chi connectivity index (χ0) is 52.1. The lowest BCUT2D eigenvalue weighted by Crippen LogP contribution is -2.52. The first-order chi connectivity index (χ1) is 35.7. The minimum atomic E-state index is -0.855. The number of hydrogen-bond donors (Lipinski definition) is 3. The maximum Gasteiger partial charge on any atom is 0.248 e. The topological polar surface area (TPSA) is 213 Å². The van der Waals surface area contributed by atoms with Crippen LogP contribution in [0.2, 0.25) is 5.02 Å². The van der Waals surface area contributed by atoms with Gasteiger partial charge in [0.15, 0.2) is 0 Å². The molecule has 0 radical (unpaired) electrons. The van der Waals surface area contributed by atoms with Gasteiger partial charge in [0.25, 0.3) is 0 Å². The fourth-order valence-electron chi connectivity index (χ4n) is 10.9. The average molecular weight is 1050 g/mol. The zero-order valence-corrected chi connectivity index (χ0v) is 45.0. The SMILES string of the molecule is CCn1nccc1-c1ccc([C@H](CCN2CCN(C(=O)C3CCN(c4nccc(Sc5cnc(N6CCC(C)(CN)CC6)cn5)c4Cl)CC3)CC2)NC(=O)[C@@H]2C[C@@H](O)CN2C(=O)[C@H](C(C)C)n2cc(C)nn2)cc1. The van der Waals surface area contributed by atoms with Crippen molar-refractivity contribution in [2.75, 3.05) is 81.8 Å². The van der Waals surface area contributed by atoms with Gasteiger partial charge >= 0.3 is 0 Å². The highest BCUT2D eigenvalue weighted by Crippen LogP contribution is 2.39. The fourth-order valence-corrected chi connectivity index (χ4v) is 12.0. The Hall–Kier alpha value is -5.67. The highest BCUT2D eigenvalue weighted by atomic mass is 35.5. The summed E-state index contributed by atoms with van der Waals surface area (Å²) in [6.45, 7) is 18.0. The van der Waals surface area contributed by atoms with E-state index in [1.807, 2.05) is 60.8 Å². The highest BCUT2D eigenvalue weighted by Gasteiger charge is 2.43. The quantitative estimate of drug-likeness (QED) is 0.105. The van der Waals surface area contributed by atoms with Crippen LogP contribution in [0, 0.1) is 24.2 Å². The largest absolute Gasteiger partial charge is 0.391 e. The smallest absolute Gasteiger partial charge is 0.248 e. The Balaban J connectivity index is 0.790. The number of nitrogens with zero attached hydrogens (tertiary/aromatic N) is 13. The summed E-state index contributed by atoms with van der Waals surface area (Å²) < 4.78 is 3.51. The highest BCUT2D eigenvalue weighted by molar-refractivity contribution is 7.99. The van der Waals surface area contributed by atoms with Crippen LogP contribution in [0.15, 0.2) is 77.3 Å². The van der Waals surface area contributed by atoms with Crippen molar-refractivity contribution in [3.05, 3.63) is 83.7 Å². The molecule has 4 fully saturated rings. The Morgan fingerprint density at radius 1 is 0.932 bits per heavy atom. The summed E-state index contributed by atoms with van der Waals surface area (Å²) in [6.07, 6.45) is 12.3. The number of carbonyl (C=O) groups is 3. The average Bonchev–Trinajstić information content (AvgIpc) is 4.18. The number of amides is 3. The summed E-state index contributed by atoms with van der Waals surface area (Å²) in [5.74, 6) is 0.992. The maximum atomic E-state index is 14.4. The van der Waals surface area contributed by atoms with Crippen LogP contribution in [0.4, 0.5) is 11.6 Å². The molecule has 1 aromatic carbocycles. The van der Waals surface area contributed by atoms with Crippen molar-refractivity contribution < 1.29 is 19.5 Å². The number of piperazine rings is 1. The molecule has 5 aromatic rings. The summed E-state index contributed by atoms with van der Waals surface area (Å²) in [7, 11) is 0. The summed E-state index contributed by atoms with van der Waals surface area (Å²) >= 11 is 8.50. The Morgan fingerprint density at radius 2 is 1.68 bits per heavy atom. The maximum absolute atomic E-state index is 14.4. The molecule has 9 rings (SSSR count). The van der Waals surface area contributed by atoms with Crippen molar-refractivity contribution in [1.29, 1.82) is 0 Å². The first kappa shape index (κ1) is 53.2. The summed E-state index contributed by atoms with van der Waals surface area (Å²) in [5.41, 5.74) is 9.85. The predicted molar refractivity (Wildman–Crippen MR) is 286 cm³/mol. The molecule has 4 aliphatic heterocycles. The molecule has 19 nitrogen and oxygen atoms in total. The summed E-state index contributed by atoms with van der Waals surface area (Å²) in [4.78, 5) is 68.0. The molecule has 4 N–H and O–H groups in total. The lowest BCUT2D eigenvalue weighted by molar-refractivity contribution is -0.142. The monoisotopic (exact) mass is 1050 g/mol. The van der Waals surface area contributed by atoms with Crippen molar-refractivity contribution in [3.63, 3.8) is 0 Å². The van der Waals surface area contributed by atoms with E-state index in [1.54, 1.807) is 29.5 Å². The molecule has 0 unspecified atom stereocenters. The van der Waals surface area contributed by atoms with Crippen LogP contribution in [-0.2, 0) is 20.9 Å². The molecular weight excluding hydrogens is 978 g/mol. The van der Waals surface area contributed by atoms with Gasteiger partial charge in [-0.1, -0.05) is 73.6 Å². The number of hydrogen-bond acceptors (Lipinski definition) is 15. The molecule has 0 aliphatic carbocycles. The molecule has 4 atom stereocenters. The van der Waals surface area contributed by atoms with Crippen LogP contribution in [0.3, 0.4) is 0 Å². The van der Waals surface area contributed by atoms with Crippen LogP contribution in [0.5, 0.6) is 0 Å². The van der Waals surface area contributed by atoms with Crippen molar-refractivity contribution >= 4 is 52.7 Å². The molecule has 8 heterocycles. The number of β-amino-alcohol motifs (C(OH)–C–C–N with tert-alkyl or cyclic N) is 1. The first-order valence-corrected chi connectivity index (χ1v) is 27.5. The van der Waals surface area contributed by atoms with Gasteiger partial charge in [0.05, 0.1) is 40.9 Å². The molecule has 0 spiro atoms. The number of piperidine rings is 2. The van der Waals surface area contributed by atoms with E-state index >= 15 is 0 Å².